The third-order valence-electron chi connectivity index (χ3n) is 3.10. The van der Waals surface area contributed by atoms with Gasteiger partial charge in [-0.25, -0.2) is 0 Å². The first kappa shape index (κ1) is 16.1. The number of nitro benzene ring substituents is 2. The molecule has 0 aliphatic heterocycles. The van der Waals surface area contributed by atoms with Crippen LogP contribution in [0.3, 0.4) is 0 Å². The summed E-state index contributed by atoms with van der Waals surface area (Å²) in [5, 5.41) is 28.3. The van der Waals surface area contributed by atoms with Crippen molar-refractivity contribution in [1.82, 2.24) is 9.78 Å². The number of aromatic nitrogens is 2. The number of carbonyl (C=O) groups is 1. The van der Waals surface area contributed by atoms with Crippen LogP contribution >= 0.6 is 0 Å². The van der Waals surface area contributed by atoms with Crippen molar-refractivity contribution in [3.63, 3.8) is 0 Å². The maximum Gasteiger partial charge on any atom is 0.281 e. The van der Waals surface area contributed by atoms with Crippen molar-refractivity contribution in [1.29, 1.82) is 0 Å². The van der Waals surface area contributed by atoms with Crippen molar-refractivity contribution in [3.8, 4) is 0 Å². The van der Waals surface area contributed by atoms with Crippen molar-refractivity contribution in [2.75, 3.05) is 5.32 Å². The number of hydrogen-bond acceptors (Lipinski definition) is 6. The van der Waals surface area contributed by atoms with E-state index in [0.29, 0.717) is 0 Å². The molecule has 1 N–H and O–H groups in total. The van der Waals surface area contributed by atoms with Crippen molar-refractivity contribution < 1.29 is 14.6 Å². The molecule has 10 heteroatoms. The molecule has 0 fully saturated rings. The molecule has 2 aromatic rings. The fourth-order valence-electron chi connectivity index (χ4n) is 2.04. The van der Waals surface area contributed by atoms with Crippen LogP contribution in [-0.2, 0) is 11.3 Å². The molecule has 2 rings (SSSR count). The van der Waals surface area contributed by atoms with E-state index in [1.807, 2.05) is 6.92 Å². The second kappa shape index (κ2) is 6.22. The Morgan fingerprint density at radius 2 is 1.78 bits per heavy atom. The van der Waals surface area contributed by atoms with Gasteiger partial charge in [0.05, 0.1) is 21.7 Å². The molecule has 0 saturated heterocycles. The van der Waals surface area contributed by atoms with Crippen LogP contribution in [0.15, 0.2) is 24.5 Å². The summed E-state index contributed by atoms with van der Waals surface area (Å²) in [6, 6.07) is 2.18. The zero-order chi connectivity index (χ0) is 17.1. The van der Waals surface area contributed by atoms with E-state index in [0.717, 1.165) is 17.7 Å². The van der Waals surface area contributed by atoms with Gasteiger partial charge in [-0.05, 0) is 19.4 Å². The van der Waals surface area contributed by atoms with Gasteiger partial charge in [0.25, 0.3) is 11.4 Å². The minimum Gasteiger partial charge on any atom is -0.324 e. The van der Waals surface area contributed by atoms with Crippen molar-refractivity contribution >= 4 is 23.0 Å². The summed E-state index contributed by atoms with van der Waals surface area (Å²) in [6.45, 7) is 2.99. The van der Waals surface area contributed by atoms with Gasteiger partial charge in [0.1, 0.15) is 12.1 Å². The highest BCUT2D eigenvalue weighted by atomic mass is 16.6. The van der Waals surface area contributed by atoms with E-state index in [1.54, 1.807) is 12.4 Å². The Balaban J connectivity index is 2.26. The lowest BCUT2D eigenvalue weighted by molar-refractivity contribution is -0.395. The number of nitrogens with zero attached hydrogens (tertiary/aromatic N) is 4. The van der Waals surface area contributed by atoms with Gasteiger partial charge in [-0.2, -0.15) is 5.10 Å². The number of benzene rings is 1. The molecule has 0 spiro atoms. The summed E-state index contributed by atoms with van der Waals surface area (Å²) in [4.78, 5) is 32.4. The summed E-state index contributed by atoms with van der Waals surface area (Å²) >= 11 is 0. The first-order valence-corrected chi connectivity index (χ1v) is 6.50. The molecule has 0 radical (unpaired) electrons. The number of nitro groups is 2. The minimum absolute atomic E-state index is 0.0112. The van der Waals surface area contributed by atoms with E-state index in [2.05, 4.69) is 10.4 Å². The van der Waals surface area contributed by atoms with Gasteiger partial charge in [0.15, 0.2) is 0 Å². The van der Waals surface area contributed by atoms with E-state index in [9.17, 15) is 25.0 Å². The Morgan fingerprint density at radius 3 is 2.22 bits per heavy atom. The zero-order valence-electron chi connectivity index (χ0n) is 12.3. The van der Waals surface area contributed by atoms with Gasteiger partial charge in [0, 0.05) is 18.3 Å². The monoisotopic (exact) mass is 319 g/mol. The fraction of sp³-hybridized carbons (Fsp3) is 0.231. The zero-order valence-corrected chi connectivity index (χ0v) is 12.3. The molecule has 0 atom stereocenters. The van der Waals surface area contributed by atoms with Crippen molar-refractivity contribution in [3.05, 3.63) is 55.9 Å². The molecule has 0 saturated carbocycles. The molecule has 0 aliphatic carbocycles. The quantitative estimate of drug-likeness (QED) is 0.661. The highest BCUT2D eigenvalue weighted by molar-refractivity contribution is 5.91. The highest BCUT2D eigenvalue weighted by Gasteiger charge is 2.23. The topological polar surface area (TPSA) is 133 Å². The Kier molecular flexibility index (Phi) is 4.35. The van der Waals surface area contributed by atoms with Crippen LogP contribution < -0.4 is 5.32 Å². The van der Waals surface area contributed by atoms with E-state index in [4.69, 9.17) is 0 Å². The standard InChI is InChI=1S/C13H13N5O5/c1-8-5-14-16(6-8)7-13(19)15-10-3-11(17(20)21)9(2)12(4-10)18(22)23/h3-6H,7H2,1-2H3,(H,15,19). The largest absolute Gasteiger partial charge is 0.324 e. The van der Waals surface area contributed by atoms with Crippen LogP contribution in [0.2, 0.25) is 0 Å². The van der Waals surface area contributed by atoms with Gasteiger partial charge in [-0.1, -0.05) is 0 Å². The number of amides is 1. The number of rotatable bonds is 5. The Labute approximate surface area is 130 Å². The third-order valence-corrected chi connectivity index (χ3v) is 3.10. The third kappa shape index (κ3) is 3.67. The van der Waals surface area contributed by atoms with E-state index in [-0.39, 0.29) is 17.8 Å². The van der Waals surface area contributed by atoms with Gasteiger partial charge in [-0.3, -0.25) is 29.7 Å². The van der Waals surface area contributed by atoms with Crippen LogP contribution in [0.25, 0.3) is 0 Å². The molecule has 1 amide bonds. The summed E-state index contributed by atoms with van der Waals surface area (Å²) in [5.41, 5.74) is -0.0585. The van der Waals surface area contributed by atoms with Crippen molar-refractivity contribution in [2.45, 2.75) is 20.4 Å². The lowest BCUT2D eigenvalue weighted by atomic mass is 10.1. The molecule has 10 nitrogen and oxygen atoms in total. The van der Waals surface area contributed by atoms with Crippen LogP contribution in [0.4, 0.5) is 17.1 Å². The van der Waals surface area contributed by atoms with Gasteiger partial charge < -0.3 is 5.32 Å². The number of aryl methyl sites for hydroxylation is 1. The van der Waals surface area contributed by atoms with Gasteiger partial charge >= 0.3 is 0 Å². The molecule has 0 unspecified atom stereocenters. The maximum atomic E-state index is 11.9. The van der Waals surface area contributed by atoms with E-state index >= 15 is 0 Å². The van der Waals surface area contributed by atoms with Crippen LogP contribution in [0, 0.1) is 34.1 Å². The average Bonchev–Trinajstić information content (AvgIpc) is 2.85. The highest BCUT2D eigenvalue weighted by Crippen LogP contribution is 2.31. The molecular formula is C13H13N5O5. The molecule has 120 valence electrons. The molecule has 23 heavy (non-hydrogen) atoms. The summed E-state index contributed by atoms with van der Waals surface area (Å²) < 4.78 is 1.39. The second-order valence-electron chi connectivity index (χ2n) is 4.92. The fourth-order valence-corrected chi connectivity index (χ4v) is 2.04. The number of anilines is 1. The normalized spacial score (nSPS) is 10.3. The van der Waals surface area contributed by atoms with Crippen molar-refractivity contribution in [2.24, 2.45) is 0 Å². The Hall–Kier alpha value is -3.30. The van der Waals surface area contributed by atoms with E-state index in [1.165, 1.54) is 11.6 Å². The van der Waals surface area contributed by atoms with E-state index < -0.39 is 27.1 Å². The Morgan fingerprint density at radius 1 is 1.22 bits per heavy atom. The minimum atomic E-state index is -0.727. The lowest BCUT2D eigenvalue weighted by Gasteiger charge is -2.07. The summed E-state index contributed by atoms with van der Waals surface area (Å²) in [5.74, 6) is -0.499. The molecule has 1 aromatic carbocycles. The summed E-state index contributed by atoms with van der Waals surface area (Å²) in [6.07, 6.45) is 3.23. The predicted octanol–water partition coefficient (Wildman–Crippen LogP) is 1.96. The smallest absolute Gasteiger partial charge is 0.281 e. The first-order valence-electron chi connectivity index (χ1n) is 6.50. The van der Waals surface area contributed by atoms with Crippen LogP contribution in [0.5, 0.6) is 0 Å². The Bertz CT molecular complexity index is 763. The second-order valence-corrected chi connectivity index (χ2v) is 4.92. The lowest BCUT2D eigenvalue weighted by Crippen LogP contribution is -2.19. The maximum absolute atomic E-state index is 11.9. The van der Waals surface area contributed by atoms with Crippen LogP contribution in [-0.4, -0.2) is 25.5 Å². The summed E-state index contributed by atoms with van der Waals surface area (Å²) in [7, 11) is 0. The SMILES string of the molecule is Cc1cnn(CC(=O)Nc2cc([N+](=O)[O-])c(C)c([N+](=O)[O-])c2)c1. The average molecular weight is 319 g/mol. The van der Waals surface area contributed by atoms with Gasteiger partial charge in [-0.15, -0.1) is 0 Å². The molecule has 0 aliphatic rings. The number of carbonyl (C=O) groups excluding carboxylic acids is 1. The molecular weight excluding hydrogens is 306 g/mol. The molecule has 1 heterocycles. The van der Waals surface area contributed by atoms with Gasteiger partial charge in [0.2, 0.25) is 5.91 Å². The number of hydrogen-bond donors (Lipinski definition) is 1. The predicted molar refractivity (Wildman–Crippen MR) is 80.1 cm³/mol. The first-order chi connectivity index (χ1) is 10.8. The molecule has 0 bridgehead atoms. The number of nitrogens with one attached hydrogen (secondary N) is 1. The molecule has 1 aromatic heterocycles. The van der Waals surface area contributed by atoms with Crippen LogP contribution in [0.1, 0.15) is 11.1 Å².